The van der Waals surface area contributed by atoms with Gasteiger partial charge in [-0.15, -0.1) is 0 Å². The number of unbranched alkanes of at least 4 members (excludes halogenated alkanes) is 35. The average molecular weight is 1260 g/mol. The van der Waals surface area contributed by atoms with Crippen LogP contribution in [0.2, 0.25) is 0 Å². The van der Waals surface area contributed by atoms with Crippen LogP contribution in [-0.4, -0.2) is 96.7 Å². The number of aliphatic hydroxyl groups is 1. The van der Waals surface area contributed by atoms with Gasteiger partial charge in [0.05, 0.1) is 26.4 Å². The number of phosphoric acid groups is 2. The smallest absolute Gasteiger partial charge is 0.462 e. The predicted octanol–water partition coefficient (Wildman–Crippen LogP) is 18.4. The highest BCUT2D eigenvalue weighted by molar-refractivity contribution is 7.47. The molecule has 0 aromatic rings. The topological polar surface area (TPSA) is 237 Å². The molecule has 5 atom stereocenters. The molecular weight excluding hydrogens is 1130 g/mol. The molecule has 3 N–H and O–H groups in total. The quantitative estimate of drug-likeness (QED) is 0.0222. The van der Waals surface area contributed by atoms with Crippen molar-refractivity contribution < 1.29 is 80.2 Å². The normalized spacial score (nSPS) is 14.2. The third kappa shape index (κ3) is 60.7. The zero-order valence-corrected chi connectivity index (χ0v) is 56.7. The lowest BCUT2D eigenvalue weighted by molar-refractivity contribution is -0.161. The number of hydrogen-bond donors (Lipinski definition) is 3. The molecule has 17 nitrogen and oxygen atoms in total. The van der Waals surface area contributed by atoms with E-state index in [-0.39, 0.29) is 25.7 Å². The SMILES string of the molecule is CCCCCCCCCCCCCC(=O)O[C@H](COC(=O)CCCCCCCCCCC)COP(=O)(O)OC[C@H](O)COP(=O)(O)OC[C@@H](COC(=O)CCCCCCCCCCC(C)C)OC(=O)CCCCCCCCCCCCCC(C)C. The van der Waals surface area contributed by atoms with E-state index in [0.29, 0.717) is 25.7 Å². The fourth-order valence-corrected chi connectivity index (χ4v) is 11.5. The Morgan fingerprint density at radius 2 is 0.541 bits per heavy atom. The Hall–Kier alpha value is -1.94. The molecule has 0 aliphatic carbocycles. The molecule has 2 unspecified atom stereocenters. The van der Waals surface area contributed by atoms with Gasteiger partial charge in [0.2, 0.25) is 0 Å². The highest BCUT2D eigenvalue weighted by Crippen LogP contribution is 2.45. The summed E-state index contributed by atoms with van der Waals surface area (Å²) in [6.07, 6.45) is 41.6. The second kappa shape index (κ2) is 58.4. The summed E-state index contributed by atoms with van der Waals surface area (Å²) >= 11 is 0. The van der Waals surface area contributed by atoms with E-state index in [1.807, 2.05) is 0 Å². The van der Waals surface area contributed by atoms with Gasteiger partial charge in [0.25, 0.3) is 0 Å². The first-order valence-electron chi connectivity index (χ1n) is 34.5. The summed E-state index contributed by atoms with van der Waals surface area (Å²) < 4.78 is 68.1. The highest BCUT2D eigenvalue weighted by atomic mass is 31.2. The van der Waals surface area contributed by atoms with Crippen molar-refractivity contribution in [3.63, 3.8) is 0 Å². The van der Waals surface area contributed by atoms with Crippen molar-refractivity contribution in [1.29, 1.82) is 0 Å². The maximum absolute atomic E-state index is 13.0. The Morgan fingerprint density at radius 3 is 0.800 bits per heavy atom. The molecule has 0 spiro atoms. The molecule has 0 bridgehead atoms. The van der Waals surface area contributed by atoms with Crippen LogP contribution in [0.25, 0.3) is 0 Å². The standard InChI is InChI=1S/C66H128O17P2/c1-7-9-11-13-15-17-19-24-32-38-44-50-65(70)82-61(54-76-63(68)48-42-36-30-22-16-14-12-10-8-2)56-80-84(72,73)78-52-60(67)53-79-85(74,75)81-57-62(55-77-64(69)49-43-37-31-27-26-29-35-41-47-59(5)6)83-66(71)51-45-39-33-25-21-18-20-23-28-34-40-46-58(3)4/h58-62,67H,7-57H2,1-6H3,(H,72,73)(H,74,75)/t60-,61+,62+/m0/s1. The van der Waals surface area contributed by atoms with E-state index in [1.165, 1.54) is 148 Å². The van der Waals surface area contributed by atoms with Gasteiger partial charge in [0, 0.05) is 25.7 Å². The lowest BCUT2D eigenvalue weighted by Gasteiger charge is -2.21. The summed E-state index contributed by atoms with van der Waals surface area (Å²) in [5.41, 5.74) is 0. The van der Waals surface area contributed by atoms with E-state index in [4.69, 9.17) is 37.0 Å². The second-order valence-electron chi connectivity index (χ2n) is 24.8. The maximum atomic E-state index is 13.0. The van der Waals surface area contributed by atoms with Gasteiger partial charge in [-0.1, -0.05) is 279 Å². The summed E-state index contributed by atoms with van der Waals surface area (Å²) in [6.45, 7) is 9.46. The molecule has 504 valence electrons. The van der Waals surface area contributed by atoms with Crippen LogP contribution in [0.15, 0.2) is 0 Å². The first-order valence-corrected chi connectivity index (χ1v) is 37.5. The molecule has 0 radical (unpaired) electrons. The van der Waals surface area contributed by atoms with E-state index in [2.05, 4.69) is 41.5 Å². The maximum Gasteiger partial charge on any atom is 0.472 e. The lowest BCUT2D eigenvalue weighted by atomic mass is 10.0. The minimum Gasteiger partial charge on any atom is -0.462 e. The van der Waals surface area contributed by atoms with E-state index in [9.17, 15) is 43.2 Å². The van der Waals surface area contributed by atoms with Crippen LogP contribution in [0.4, 0.5) is 0 Å². The zero-order chi connectivity index (χ0) is 62.9. The van der Waals surface area contributed by atoms with Gasteiger partial charge >= 0.3 is 39.5 Å². The Bertz CT molecular complexity index is 1670. The summed E-state index contributed by atoms with van der Waals surface area (Å²) in [5, 5.41) is 10.5. The minimum absolute atomic E-state index is 0.106. The van der Waals surface area contributed by atoms with Crippen molar-refractivity contribution in [2.24, 2.45) is 11.8 Å². The molecule has 0 heterocycles. The molecular formula is C66H128O17P2. The number of hydrogen-bond acceptors (Lipinski definition) is 15. The lowest BCUT2D eigenvalue weighted by Crippen LogP contribution is -2.30. The van der Waals surface area contributed by atoms with Gasteiger partial charge in [-0.3, -0.25) is 37.3 Å². The van der Waals surface area contributed by atoms with Crippen LogP contribution in [0.1, 0.15) is 330 Å². The van der Waals surface area contributed by atoms with E-state index < -0.39 is 97.5 Å². The van der Waals surface area contributed by atoms with Crippen molar-refractivity contribution in [2.45, 2.75) is 349 Å². The van der Waals surface area contributed by atoms with Gasteiger partial charge < -0.3 is 33.8 Å². The largest absolute Gasteiger partial charge is 0.472 e. The van der Waals surface area contributed by atoms with E-state index >= 15 is 0 Å². The zero-order valence-electron chi connectivity index (χ0n) is 54.9. The second-order valence-corrected chi connectivity index (χ2v) is 27.7. The number of rotatable bonds is 65. The number of esters is 4. The Labute approximate surface area is 517 Å². The molecule has 0 aliphatic rings. The van der Waals surface area contributed by atoms with Crippen molar-refractivity contribution in [1.82, 2.24) is 0 Å². The number of carbonyl (C=O) groups is 4. The highest BCUT2D eigenvalue weighted by Gasteiger charge is 2.30. The molecule has 19 heteroatoms. The molecule has 0 saturated carbocycles. The van der Waals surface area contributed by atoms with E-state index in [1.54, 1.807) is 0 Å². The van der Waals surface area contributed by atoms with E-state index in [0.717, 1.165) is 102 Å². The Morgan fingerprint density at radius 1 is 0.318 bits per heavy atom. The van der Waals surface area contributed by atoms with Crippen molar-refractivity contribution >= 4 is 39.5 Å². The average Bonchev–Trinajstić information content (AvgIpc) is 3.54. The van der Waals surface area contributed by atoms with Crippen LogP contribution in [-0.2, 0) is 65.4 Å². The molecule has 0 amide bonds. The molecule has 0 rings (SSSR count). The van der Waals surface area contributed by atoms with Gasteiger partial charge in [0.1, 0.15) is 19.3 Å². The molecule has 85 heavy (non-hydrogen) atoms. The fraction of sp³-hybridized carbons (Fsp3) is 0.939. The number of ether oxygens (including phenoxy) is 4. The summed E-state index contributed by atoms with van der Waals surface area (Å²) in [7, 11) is -9.89. The van der Waals surface area contributed by atoms with Crippen molar-refractivity contribution in [2.75, 3.05) is 39.6 Å². The minimum atomic E-state index is -4.95. The predicted molar refractivity (Wildman–Crippen MR) is 340 cm³/mol. The summed E-state index contributed by atoms with van der Waals surface area (Å²) in [6, 6.07) is 0. The first-order chi connectivity index (χ1) is 40.9. The Kier molecular flexibility index (Phi) is 57.1. The summed E-state index contributed by atoms with van der Waals surface area (Å²) in [5.74, 6) is -0.639. The third-order valence-corrected chi connectivity index (χ3v) is 17.1. The number of phosphoric ester groups is 2. The van der Waals surface area contributed by atoms with Gasteiger partial charge in [-0.25, -0.2) is 9.13 Å². The molecule has 0 aromatic carbocycles. The fourth-order valence-electron chi connectivity index (χ4n) is 9.88. The Balaban J connectivity index is 5.24. The van der Waals surface area contributed by atoms with Crippen LogP contribution in [0.3, 0.4) is 0 Å². The summed E-state index contributed by atoms with van der Waals surface area (Å²) in [4.78, 5) is 72.3. The van der Waals surface area contributed by atoms with Crippen LogP contribution in [0.5, 0.6) is 0 Å². The van der Waals surface area contributed by atoms with Gasteiger partial charge in [-0.05, 0) is 37.5 Å². The molecule has 0 saturated heterocycles. The first kappa shape index (κ1) is 83.1. The molecule has 0 aliphatic heterocycles. The van der Waals surface area contributed by atoms with Gasteiger partial charge in [-0.2, -0.15) is 0 Å². The van der Waals surface area contributed by atoms with Gasteiger partial charge in [0.15, 0.2) is 12.2 Å². The molecule has 0 fully saturated rings. The number of carbonyl (C=O) groups excluding carboxylic acids is 4. The van der Waals surface area contributed by atoms with Crippen molar-refractivity contribution in [3.05, 3.63) is 0 Å². The van der Waals surface area contributed by atoms with Crippen LogP contribution in [0, 0.1) is 11.8 Å². The van der Waals surface area contributed by atoms with Crippen LogP contribution >= 0.6 is 15.6 Å². The molecule has 0 aromatic heterocycles. The number of aliphatic hydroxyl groups excluding tert-OH is 1. The van der Waals surface area contributed by atoms with Crippen LogP contribution < -0.4 is 0 Å². The van der Waals surface area contributed by atoms with Crippen molar-refractivity contribution in [3.8, 4) is 0 Å². The monoisotopic (exact) mass is 1250 g/mol. The third-order valence-electron chi connectivity index (χ3n) is 15.2.